The summed E-state index contributed by atoms with van der Waals surface area (Å²) in [5, 5.41) is 20.3. The number of rotatable bonds is 5. The van der Waals surface area contributed by atoms with Gasteiger partial charge in [-0.3, -0.25) is 20.0 Å². The van der Waals surface area contributed by atoms with Crippen LogP contribution in [-0.2, 0) is 6.54 Å². The second-order valence-electron chi connectivity index (χ2n) is 7.20. The number of anilines is 1. The van der Waals surface area contributed by atoms with Gasteiger partial charge in [0.1, 0.15) is 5.01 Å². The highest BCUT2D eigenvalue weighted by molar-refractivity contribution is 7.14. The number of fused-ring (bicyclic) bond motifs is 1. The molecule has 1 fully saturated rings. The second kappa shape index (κ2) is 8.10. The van der Waals surface area contributed by atoms with Crippen LogP contribution in [0.15, 0.2) is 52.8 Å². The lowest BCUT2D eigenvalue weighted by Crippen LogP contribution is -2.46. The Balaban J connectivity index is 1.29. The number of nitro benzene ring substituents is 1. The molecule has 0 aliphatic carbocycles. The Morgan fingerprint density at radius 1 is 1.07 bits per heavy atom. The normalized spacial score (nSPS) is 15.0. The van der Waals surface area contributed by atoms with Crippen molar-refractivity contribution in [3.05, 3.63) is 68.6 Å². The summed E-state index contributed by atoms with van der Waals surface area (Å²) in [6, 6.07) is 7.43. The van der Waals surface area contributed by atoms with Gasteiger partial charge in [0.25, 0.3) is 5.69 Å². The van der Waals surface area contributed by atoms with Gasteiger partial charge in [0.2, 0.25) is 0 Å². The van der Waals surface area contributed by atoms with Crippen molar-refractivity contribution in [3.63, 3.8) is 0 Å². The van der Waals surface area contributed by atoms with Gasteiger partial charge >= 0.3 is 0 Å². The number of aromatic nitrogens is 2. The molecule has 3 aromatic heterocycles. The molecule has 0 radical (unpaired) electrons. The third kappa shape index (κ3) is 3.67. The summed E-state index contributed by atoms with van der Waals surface area (Å²) < 4.78 is 0. The number of hydrogen-bond acceptors (Lipinski definition) is 8. The third-order valence-corrected chi connectivity index (χ3v) is 7.01. The van der Waals surface area contributed by atoms with Crippen molar-refractivity contribution in [1.82, 2.24) is 14.9 Å². The van der Waals surface area contributed by atoms with Gasteiger partial charge in [0, 0.05) is 78.6 Å². The Kier molecular flexibility index (Phi) is 5.16. The smallest absolute Gasteiger partial charge is 0.278 e. The summed E-state index contributed by atoms with van der Waals surface area (Å²) in [7, 11) is 0. The van der Waals surface area contributed by atoms with Crippen LogP contribution in [0, 0.1) is 10.1 Å². The van der Waals surface area contributed by atoms with Crippen LogP contribution in [0.5, 0.6) is 0 Å². The van der Waals surface area contributed by atoms with Crippen molar-refractivity contribution in [1.29, 1.82) is 0 Å². The van der Waals surface area contributed by atoms with Crippen LogP contribution in [0.3, 0.4) is 0 Å². The van der Waals surface area contributed by atoms with Gasteiger partial charge < -0.3 is 4.90 Å². The van der Waals surface area contributed by atoms with Crippen LogP contribution in [0.4, 0.5) is 11.4 Å². The molecule has 9 heteroatoms. The highest BCUT2D eigenvalue weighted by Gasteiger charge is 2.22. The molecule has 1 aromatic carbocycles. The first-order chi connectivity index (χ1) is 14.7. The molecule has 1 saturated heterocycles. The van der Waals surface area contributed by atoms with E-state index in [1.807, 2.05) is 12.1 Å². The quantitative estimate of drug-likeness (QED) is 0.334. The Labute approximate surface area is 181 Å². The van der Waals surface area contributed by atoms with Gasteiger partial charge in [-0.05, 0) is 23.6 Å². The molecule has 1 aliphatic rings. The molecule has 0 saturated carbocycles. The Morgan fingerprint density at radius 3 is 2.70 bits per heavy atom. The maximum absolute atomic E-state index is 11.3. The summed E-state index contributed by atoms with van der Waals surface area (Å²) >= 11 is 3.39. The number of thiazole rings is 1. The van der Waals surface area contributed by atoms with Crippen LogP contribution in [-0.4, -0.2) is 46.0 Å². The molecule has 0 N–H and O–H groups in total. The predicted molar refractivity (Wildman–Crippen MR) is 121 cm³/mol. The van der Waals surface area contributed by atoms with Crippen LogP contribution in [0.1, 0.15) is 5.69 Å². The highest BCUT2D eigenvalue weighted by Crippen LogP contribution is 2.33. The highest BCUT2D eigenvalue weighted by atomic mass is 32.1. The van der Waals surface area contributed by atoms with Crippen molar-refractivity contribution in [2.75, 3.05) is 31.1 Å². The van der Waals surface area contributed by atoms with Gasteiger partial charge in [-0.15, -0.1) is 11.3 Å². The zero-order valence-electron chi connectivity index (χ0n) is 16.1. The van der Waals surface area contributed by atoms with E-state index in [0.29, 0.717) is 5.39 Å². The number of thiophene rings is 1. The molecular weight excluding hydrogens is 418 g/mol. The van der Waals surface area contributed by atoms with Gasteiger partial charge in [0.15, 0.2) is 0 Å². The minimum Gasteiger partial charge on any atom is -0.368 e. The Morgan fingerprint density at radius 2 is 1.93 bits per heavy atom. The van der Waals surface area contributed by atoms with E-state index in [2.05, 4.69) is 37.0 Å². The fraction of sp³-hybridized carbons (Fsp3) is 0.238. The number of hydrogen-bond donors (Lipinski definition) is 0. The fourth-order valence-corrected chi connectivity index (χ4v) is 5.39. The maximum Gasteiger partial charge on any atom is 0.278 e. The Bertz CT molecular complexity index is 1180. The van der Waals surface area contributed by atoms with E-state index < -0.39 is 0 Å². The van der Waals surface area contributed by atoms with E-state index >= 15 is 0 Å². The molecule has 0 spiro atoms. The van der Waals surface area contributed by atoms with Crippen molar-refractivity contribution in [3.8, 4) is 10.6 Å². The molecule has 152 valence electrons. The SMILES string of the molecule is O=[N+]([O-])c1ccc(N2CCN(Cc3csc(-c4ccsc4)n3)CC2)c2ccncc12. The molecule has 0 atom stereocenters. The molecule has 0 unspecified atom stereocenters. The number of piperazine rings is 1. The first kappa shape index (κ1) is 19.1. The molecule has 1 aliphatic heterocycles. The van der Waals surface area contributed by atoms with E-state index in [0.717, 1.165) is 54.5 Å². The minimum absolute atomic E-state index is 0.102. The molecule has 0 bridgehead atoms. The van der Waals surface area contributed by atoms with Crippen molar-refractivity contribution >= 4 is 44.8 Å². The number of pyridine rings is 1. The summed E-state index contributed by atoms with van der Waals surface area (Å²) in [6.07, 6.45) is 3.28. The van der Waals surface area contributed by atoms with Crippen molar-refractivity contribution in [2.45, 2.75) is 6.54 Å². The minimum atomic E-state index is -0.343. The molecule has 5 rings (SSSR count). The van der Waals surface area contributed by atoms with Crippen LogP contribution < -0.4 is 4.90 Å². The molecule has 4 aromatic rings. The lowest BCUT2D eigenvalue weighted by atomic mass is 10.1. The predicted octanol–water partition coefficient (Wildman–Crippen LogP) is 4.65. The van der Waals surface area contributed by atoms with Crippen LogP contribution in [0.2, 0.25) is 0 Å². The number of nitrogens with zero attached hydrogens (tertiary/aromatic N) is 5. The van der Waals surface area contributed by atoms with Gasteiger partial charge in [-0.2, -0.15) is 11.3 Å². The number of benzene rings is 1. The zero-order valence-corrected chi connectivity index (χ0v) is 17.7. The average Bonchev–Trinajstić information content (AvgIpc) is 3.45. The first-order valence-electron chi connectivity index (χ1n) is 9.64. The fourth-order valence-electron chi connectivity index (χ4n) is 3.87. The summed E-state index contributed by atoms with van der Waals surface area (Å²) in [5.41, 5.74) is 3.44. The molecule has 4 heterocycles. The van der Waals surface area contributed by atoms with E-state index in [4.69, 9.17) is 4.98 Å². The maximum atomic E-state index is 11.3. The molecule has 7 nitrogen and oxygen atoms in total. The van der Waals surface area contributed by atoms with Crippen LogP contribution >= 0.6 is 22.7 Å². The molecule has 0 amide bonds. The Hall–Kier alpha value is -2.88. The summed E-state index contributed by atoms with van der Waals surface area (Å²) in [6.45, 7) is 4.44. The van der Waals surface area contributed by atoms with E-state index in [1.165, 1.54) is 5.56 Å². The van der Waals surface area contributed by atoms with Gasteiger partial charge in [0.05, 0.1) is 16.0 Å². The lowest BCUT2D eigenvalue weighted by molar-refractivity contribution is -0.383. The number of nitro groups is 1. The molecular formula is C21H19N5O2S2. The largest absolute Gasteiger partial charge is 0.368 e. The zero-order chi connectivity index (χ0) is 20.5. The van der Waals surface area contributed by atoms with E-state index in [1.54, 1.807) is 41.1 Å². The lowest BCUT2D eigenvalue weighted by Gasteiger charge is -2.36. The average molecular weight is 438 g/mol. The third-order valence-electron chi connectivity index (χ3n) is 5.39. The molecule has 30 heavy (non-hydrogen) atoms. The topological polar surface area (TPSA) is 75.4 Å². The van der Waals surface area contributed by atoms with Gasteiger partial charge in [-0.1, -0.05) is 0 Å². The number of non-ortho nitro benzene ring substituents is 1. The van der Waals surface area contributed by atoms with E-state index in [-0.39, 0.29) is 10.6 Å². The standard InChI is InChI=1S/C21H19N5O2S2/c27-26(28)20-2-1-19(17-3-5-22-11-18(17)20)25-8-6-24(7-9-25)12-16-14-30-21(23-16)15-4-10-29-13-15/h1-5,10-11,13-14H,6-9,12H2. The van der Waals surface area contributed by atoms with Crippen LogP contribution in [0.25, 0.3) is 21.3 Å². The summed E-state index contributed by atoms with van der Waals surface area (Å²) in [4.78, 5) is 24.6. The van der Waals surface area contributed by atoms with Crippen molar-refractivity contribution in [2.24, 2.45) is 0 Å². The monoisotopic (exact) mass is 437 g/mol. The first-order valence-corrected chi connectivity index (χ1v) is 11.5. The van der Waals surface area contributed by atoms with Crippen molar-refractivity contribution < 1.29 is 4.92 Å². The van der Waals surface area contributed by atoms with E-state index in [9.17, 15) is 10.1 Å². The van der Waals surface area contributed by atoms with Gasteiger partial charge in [-0.25, -0.2) is 4.98 Å². The second-order valence-corrected chi connectivity index (χ2v) is 8.84. The summed E-state index contributed by atoms with van der Waals surface area (Å²) in [5.74, 6) is 0.